The van der Waals surface area contributed by atoms with E-state index < -0.39 is 0 Å². The van der Waals surface area contributed by atoms with Gasteiger partial charge in [-0.05, 0) is 12.8 Å². The average Bonchev–Trinajstić information content (AvgIpc) is 2.54. The van der Waals surface area contributed by atoms with Gasteiger partial charge in [0.1, 0.15) is 6.29 Å². The molecule has 0 aliphatic carbocycles. The van der Waals surface area contributed by atoms with Crippen LogP contribution in [0.25, 0.3) is 0 Å². The van der Waals surface area contributed by atoms with E-state index in [1.165, 1.54) is 0 Å². The molecule has 74 valence electrons. The number of nitrogens with one attached hydrogen (secondary N) is 1. The minimum absolute atomic E-state index is 0.0170. The molecule has 4 nitrogen and oxygen atoms in total. The summed E-state index contributed by atoms with van der Waals surface area (Å²) in [6, 6.07) is 0.0949. The van der Waals surface area contributed by atoms with E-state index in [0.717, 1.165) is 12.7 Å². The molecule has 0 spiro atoms. The predicted molar refractivity (Wildman–Crippen MR) is 47.3 cm³/mol. The number of aldehydes is 1. The van der Waals surface area contributed by atoms with E-state index in [9.17, 15) is 9.59 Å². The number of amides is 1. The fourth-order valence-corrected chi connectivity index (χ4v) is 1.63. The lowest BCUT2D eigenvalue weighted by Gasteiger charge is -2.20. The molecular formula is C9H15NO3. The van der Waals surface area contributed by atoms with Crippen LogP contribution in [-0.4, -0.2) is 31.4 Å². The van der Waals surface area contributed by atoms with Gasteiger partial charge in [-0.25, -0.2) is 0 Å². The van der Waals surface area contributed by atoms with Crippen molar-refractivity contribution >= 4 is 12.2 Å². The molecule has 2 atom stereocenters. The highest BCUT2D eigenvalue weighted by atomic mass is 16.5. The van der Waals surface area contributed by atoms with Crippen molar-refractivity contribution in [1.29, 1.82) is 0 Å². The Balaban J connectivity index is 2.37. The van der Waals surface area contributed by atoms with Crippen LogP contribution in [0.5, 0.6) is 0 Å². The summed E-state index contributed by atoms with van der Waals surface area (Å²) in [6.45, 7) is 0. The molecule has 0 aromatic heterocycles. The highest BCUT2D eigenvalue weighted by Crippen LogP contribution is 2.15. The molecule has 0 radical (unpaired) electrons. The van der Waals surface area contributed by atoms with E-state index in [1.54, 1.807) is 7.11 Å². The van der Waals surface area contributed by atoms with Crippen molar-refractivity contribution in [2.24, 2.45) is 0 Å². The molecule has 0 bridgehead atoms. The number of ether oxygens (including phenoxy) is 1. The van der Waals surface area contributed by atoms with Gasteiger partial charge in [-0.1, -0.05) is 0 Å². The Morgan fingerprint density at radius 1 is 1.77 bits per heavy atom. The van der Waals surface area contributed by atoms with Gasteiger partial charge >= 0.3 is 0 Å². The number of rotatable bonds is 5. The maximum Gasteiger partial charge on any atom is 0.220 e. The highest BCUT2D eigenvalue weighted by molar-refractivity contribution is 5.78. The molecule has 1 aliphatic heterocycles. The first-order valence-electron chi connectivity index (χ1n) is 4.53. The van der Waals surface area contributed by atoms with Gasteiger partial charge in [0.2, 0.25) is 5.91 Å². The Bertz CT molecular complexity index is 193. The Morgan fingerprint density at radius 3 is 3.00 bits per heavy atom. The normalized spacial score (nSPS) is 24.1. The lowest BCUT2D eigenvalue weighted by molar-refractivity contribution is -0.119. The average molecular weight is 185 g/mol. The maximum atomic E-state index is 10.9. The van der Waals surface area contributed by atoms with Crippen molar-refractivity contribution in [2.75, 3.05) is 7.11 Å². The van der Waals surface area contributed by atoms with Gasteiger partial charge in [-0.15, -0.1) is 0 Å². The van der Waals surface area contributed by atoms with Gasteiger partial charge in [0.25, 0.3) is 0 Å². The molecule has 1 aliphatic rings. The molecule has 13 heavy (non-hydrogen) atoms. The molecule has 2 unspecified atom stereocenters. The topological polar surface area (TPSA) is 55.4 Å². The van der Waals surface area contributed by atoms with Gasteiger partial charge < -0.3 is 14.8 Å². The fraction of sp³-hybridized carbons (Fsp3) is 0.778. The SMILES string of the molecule is COC(CCC=O)C1CCC(=O)N1. The van der Waals surface area contributed by atoms with Crippen molar-refractivity contribution < 1.29 is 14.3 Å². The second-order valence-corrected chi connectivity index (χ2v) is 3.23. The van der Waals surface area contributed by atoms with Crippen molar-refractivity contribution in [3.8, 4) is 0 Å². The Kier molecular flexibility index (Phi) is 3.89. The van der Waals surface area contributed by atoms with Crippen LogP contribution >= 0.6 is 0 Å². The fourth-order valence-electron chi connectivity index (χ4n) is 1.63. The number of carbonyl (C=O) groups excluding carboxylic acids is 2. The van der Waals surface area contributed by atoms with E-state index in [1.807, 2.05) is 0 Å². The number of methoxy groups -OCH3 is 1. The molecule has 1 fully saturated rings. The molecular weight excluding hydrogens is 170 g/mol. The maximum absolute atomic E-state index is 10.9. The zero-order valence-electron chi connectivity index (χ0n) is 7.79. The molecule has 1 N–H and O–H groups in total. The smallest absolute Gasteiger partial charge is 0.220 e. The second kappa shape index (κ2) is 4.97. The molecule has 0 aromatic rings. The number of carbonyl (C=O) groups is 2. The van der Waals surface area contributed by atoms with Gasteiger partial charge in [-0.3, -0.25) is 4.79 Å². The summed E-state index contributed by atoms with van der Waals surface area (Å²) < 4.78 is 5.21. The summed E-state index contributed by atoms with van der Waals surface area (Å²) >= 11 is 0. The summed E-state index contributed by atoms with van der Waals surface area (Å²) in [4.78, 5) is 21.1. The van der Waals surface area contributed by atoms with E-state index in [2.05, 4.69) is 5.32 Å². The lowest BCUT2D eigenvalue weighted by Crippen LogP contribution is -2.37. The van der Waals surface area contributed by atoms with Crippen molar-refractivity contribution in [2.45, 2.75) is 37.8 Å². The summed E-state index contributed by atoms with van der Waals surface area (Å²) in [5.74, 6) is 0.0816. The van der Waals surface area contributed by atoms with Gasteiger partial charge in [0, 0.05) is 20.0 Å². The zero-order valence-corrected chi connectivity index (χ0v) is 7.79. The van der Waals surface area contributed by atoms with Crippen LogP contribution in [0.3, 0.4) is 0 Å². The standard InChI is InChI=1S/C9H15NO3/c1-13-8(3-2-6-11)7-4-5-9(12)10-7/h6-8H,2-5H2,1H3,(H,10,12). The molecule has 4 heteroatoms. The largest absolute Gasteiger partial charge is 0.379 e. The number of hydrogen-bond donors (Lipinski definition) is 1. The monoisotopic (exact) mass is 185 g/mol. The van der Waals surface area contributed by atoms with Crippen LogP contribution in [-0.2, 0) is 14.3 Å². The third-order valence-corrected chi connectivity index (χ3v) is 2.35. The van der Waals surface area contributed by atoms with Crippen LogP contribution in [0, 0.1) is 0 Å². The first-order chi connectivity index (χ1) is 6.27. The molecule has 1 rings (SSSR count). The Hall–Kier alpha value is -0.900. The lowest BCUT2D eigenvalue weighted by atomic mass is 10.0. The second-order valence-electron chi connectivity index (χ2n) is 3.23. The summed E-state index contributed by atoms with van der Waals surface area (Å²) in [5, 5.41) is 2.83. The molecule has 1 amide bonds. The van der Waals surface area contributed by atoms with Crippen molar-refractivity contribution in [3.05, 3.63) is 0 Å². The van der Waals surface area contributed by atoms with Gasteiger partial charge in [0.05, 0.1) is 12.1 Å². The van der Waals surface area contributed by atoms with Crippen molar-refractivity contribution in [1.82, 2.24) is 5.32 Å². The van der Waals surface area contributed by atoms with E-state index >= 15 is 0 Å². The van der Waals surface area contributed by atoms with Crippen LogP contribution in [0.4, 0.5) is 0 Å². The van der Waals surface area contributed by atoms with Crippen LogP contribution in [0.2, 0.25) is 0 Å². The molecule has 1 saturated heterocycles. The Morgan fingerprint density at radius 2 is 2.54 bits per heavy atom. The summed E-state index contributed by atoms with van der Waals surface area (Å²) in [7, 11) is 1.61. The first kappa shape index (κ1) is 10.2. The molecule has 0 aromatic carbocycles. The quantitative estimate of drug-likeness (QED) is 0.625. The minimum atomic E-state index is -0.0170. The van der Waals surface area contributed by atoms with E-state index in [0.29, 0.717) is 19.3 Å². The third-order valence-electron chi connectivity index (χ3n) is 2.35. The first-order valence-corrected chi connectivity index (χ1v) is 4.53. The molecule has 0 saturated carbocycles. The summed E-state index contributed by atoms with van der Waals surface area (Å²) in [5.41, 5.74) is 0. The summed E-state index contributed by atoms with van der Waals surface area (Å²) in [6.07, 6.45) is 3.43. The van der Waals surface area contributed by atoms with Crippen LogP contribution in [0.15, 0.2) is 0 Å². The molecule has 1 heterocycles. The Labute approximate surface area is 77.6 Å². The minimum Gasteiger partial charge on any atom is -0.379 e. The van der Waals surface area contributed by atoms with E-state index in [4.69, 9.17) is 4.74 Å². The number of hydrogen-bond acceptors (Lipinski definition) is 3. The van der Waals surface area contributed by atoms with E-state index in [-0.39, 0.29) is 18.1 Å². The third kappa shape index (κ3) is 2.81. The van der Waals surface area contributed by atoms with Crippen molar-refractivity contribution in [3.63, 3.8) is 0 Å². The van der Waals surface area contributed by atoms with Gasteiger partial charge in [0.15, 0.2) is 0 Å². The zero-order chi connectivity index (χ0) is 9.68. The van der Waals surface area contributed by atoms with Crippen LogP contribution < -0.4 is 5.32 Å². The highest BCUT2D eigenvalue weighted by Gasteiger charge is 2.28. The van der Waals surface area contributed by atoms with Crippen LogP contribution in [0.1, 0.15) is 25.7 Å². The predicted octanol–water partition coefficient (Wildman–Crippen LogP) is 0.259. The van der Waals surface area contributed by atoms with Gasteiger partial charge in [-0.2, -0.15) is 0 Å².